The van der Waals surface area contributed by atoms with E-state index in [0.29, 0.717) is 51.3 Å². The number of nitro benzene ring substituents is 1. The van der Waals surface area contributed by atoms with Crippen LogP contribution in [0.1, 0.15) is 107 Å². The second-order valence-corrected chi connectivity index (χ2v) is 21.4. The van der Waals surface area contributed by atoms with E-state index in [1.165, 1.54) is 26.2 Å². The van der Waals surface area contributed by atoms with Crippen LogP contribution in [0.4, 0.5) is 5.69 Å². The number of carbonyl (C=O) groups excluding carboxylic acids is 1. The first-order valence-electron chi connectivity index (χ1n) is 25.1. The lowest BCUT2D eigenvalue weighted by molar-refractivity contribution is -0.384. The zero-order chi connectivity index (χ0) is 52.0. The van der Waals surface area contributed by atoms with Crippen LogP contribution >= 0.6 is 0 Å². The summed E-state index contributed by atoms with van der Waals surface area (Å²) in [6, 6.07) is 4.96. The predicted molar refractivity (Wildman–Crippen MR) is 259 cm³/mol. The minimum Gasteiger partial charge on any atom is -0.494 e. The molecule has 3 saturated heterocycles. The second-order valence-electron chi connectivity index (χ2n) is 21.4. The van der Waals surface area contributed by atoms with E-state index in [2.05, 4.69) is 10.3 Å². The minimum atomic E-state index is -1.82. The van der Waals surface area contributed by atoms with Gasteiger partial charge in [-0.2, -0.15) is 0 Å². The Hall–Kier alpha value is -3.41. The number of esters is 1. The van der Waals surface area contributed by atoms with Crippen LogP contribution in [0.5, 0.6) is 5.75 Å². The molecule has 1 unspecified atom stereocenters. The number of ether oxygens (including phenoxy) is 6. The Balaban J connectivity index is 1.39. The van der Waals surface area contributed by atoms with Gasteiger partial charge in [-0.25, -0.2) is 0 Å². The lowest BCUT2D eigenvalue weighted by atomic mass is 9.68. The molecule has 20 heteroatoms. The fraction of sp³-hybridized carbons (Fsp3) is 0.820. The number of rotatable bonds is 15. The molecule has 2 aromatic rings. The number of benzene rings is 1. The van der Waals surface area contributed by atoms with Crippen LogP contribution < -0.4 is 4.74 Å². The van der Waals surface area contributed by atoms with Gasteiger partial charge in [-0.1, -0.05) is 32.9 Å². The van der Waals surface area contributed by atoms with Gasteiger partial charge >= 0.3 is 5.97 Å². The van der Waals surface area contributed by atoms with E-state index < -0.39 is 107 Å². The lowest BCUT2D eigenvalue weighted by Gasteiger charge is -2.51. The molecule has 3 aliphatic heterocycles. The summed E-state index contributed by atoms with van der Waals surface area (Å²) in [4.78, 5) is 29.0. The highest BCUT2D eigenvalue weighted by Gasteiger charge is 2.55. The molecule has 5 N–H and O–H groups in total. The van der Waals surface area contributed by atoms with Gasteiger partial charge in [-0.15, -0.1) is 5.10 Å². The van der Waals surface area contributed by atoms with Gasteiger partial charge in [-0.05, 0) is 112 Å². The number of nitro groups is 1. The van der Waals surface area contributed by atoms with E-state index in [1.807, 2.05) is 50.9 Å². The Bertz CT molecular complexity index is 1970. The smallest absolute Gasteiger partial charge is 0.309 e. The highest BCUT2D eigenvalue weighted by molar-refractivity contribution is 5.73. The number of nitrogens with zero attached hydrogens (tertiary/aromatic N) is 6. The lowest BCUT2D eigenvalue weighted by Crippen LogP contribution is -2.62. The molecule has 1 aromatic carbocycles. The van der Waals surface area contributed by atoms with Gasteiger partial charge in [0.2, 0.25) is 0 Å². The fourth-order valence-corrected chi connectivity index (χ4v) is 11.3. The average Bonchev–Trinajstić information content (AvgIpc) is 3.76. The molecule has 0 amide bonds. The molecule has 398 valence electrons. The summed E-state index contributed by atoms with van der Waals surface area (Å²) in [7, 11) is 5.29. The first-order chi connectivity index (χ1) is 32.7. The topological polar surface area (TPSA) is 254 Å². The van der Waals surface area contributed by atoms with Gasteiger partial charge in [-0.3, -0.25) is 24.5 Å². The standard InChI is InChI=1S/C50H84N6O14/c1-14-40-50(10,62)43(58)33(6)54(12)27-29(2)25-48(8,61)45(31(4)41(32(5)46(60)69-40)39-26-49(9,65-13)44(59)34(7)68-39)70-47-42(57)38(24-30(3)67-47)53(11)21-22-55-28-35(51-52-55)16-15-23-66-37-19-17-36(18-20-37)56(63)64/h17-20,28-34,38-45,47,57-59,61-62H,14-16,21-27H2,1-13H3/t29-,30-,31+,32-,33-,34+,38+,39?,40-,41+,42-,43-,44+,45-,47+,48-,49-,50-/m1/s1. The summed E-state index contributed by atoms with van der Waals surface area (Å²) in [5, 5.41) is 79.6. The van der Waals surface area contributed by atoms with E-state index in [0.717, 1.165) is 5.69 Å². The van der Waals surface area contributed by atoms with Gasteiger partial charge in [0.1, 0.15) is 35.8 Å². The molecule has 0 radical (unpaired) electrons. The number of likely N-dealkylation sites (N-methyl/N-ethyl adjacent to an activating group) is 2. The van der Waals surface area contributed by atoms with Crippen molar-refractivity contribution in [3.05, 3.63) is 46.3 Å². The predicted octanol–water partition coefficient (Wildman–Crippen LogP) is 3.76. The normalized spacial score (nSPS) is 39.8. The van der Waals surface area contributed by atoms with Crippen LogP contribution in [0.25, 0.3) is 0 Å². The summed E-state index contributed by atoms with van der Waals surface area (Å²) in [6.07, 6.45) is -4.34. The molecule has 0 bridgehead atoms. The number of non-ortho nitro benzene ring substituents is 1. The summed E-state index contributed by atoms with van der Waals surface area (Å²) in [6.45, 7) is 19.7. The number of aryl methyl sites for hydroxylation is 1. The summed E-state index contributed by atoms with van der Waals surface area (Å²) < 4.78 is 39.6. The number of carbonyl (C=O) groups is 1. The van der Waals surface area contributed by atoms with Crippen molar-refractivity contribution in [2.24, 2.45) is 23.7 Å². The van der Waals surface area contributed by atoms with Gasteiger partial charge in [0.15, 0.2) is 6.29 Å². The molecular formula is C50H84N6O14. The Labute approximate surface area is 414 Å². The van der Waals surface area contributed by atoms with E-state index >= 15 is 0 Å². The quantitative estimate of drug-likeness (QED) is 0.0737. The van der Waals surface area contributed by atoms with E-state index in [1.54, 1.807) is 58.4 Å². The number of cyclic esters (lactones) is 1. The van der Waals surface area contributed by atoms with Crippen LogP contribution in [-0.4, -0.2) is 186 Å². The SMILES string of the molecule is CC[C@H]1OC(=O)[C@H](C)[C@@H](C2C[C@@](C)(OC)[C@@H](O)[C@H](C)O2)[C@H](C)[C@@H](O[C@@H]2O[C@H](C)C[C@H](N(C)CCn3cc(CCCOc4ccc([N+](=O)[O-])cc4)nn3)[C@H]2O)[C@](C)(O)C[C@@H](C)CN(C)[C@H](C)[C@@H](O)[C@]1(C)O. The number of hydrogen-bond acceptors (Lipinski definition) is 18. The van der Waals surface area contributed by atoms with Crippen LogP contribution in [0.2, 0.25) is 0 Å². The highest BCUT2D eigenvalue weighted by Crippen LogP contribution is 2.45. The molecule has 0 saturated carbocycles. The van der Waals surface area contributed by atoms with Gasteiger partial charge in [0.25, 0.3) is 5.69 Å². The van der Waals surface area contributed by atoms with Crippen molar-refractivity contribution in [3.8, 4) is 5.75 Å². The summed E-state index contributed by atoms with van der Waals surface area (Å²) in [5.74, 6) is -2.64. The third-order valence-corrected chi connectivity index (χ3v) is 15.6. The first-order valence-corrected chi connectivity index (χ1v) is 25.1. The molecule has 0 spiro atoms. The molecule has 3 aliphatic rings. The zero-order valence-electron chi connectivity index (χ0n) is 43.7. The highest BCUT2D eigenvalue weighted by atomic mass is 16.7. The maximum absolute atomic E-state index is 14.6. The molecule has 4 heterocycles. The van der Waals surface area contributed by atoms with Crippen molar-refractivity contribution < 1.29 is 63.7 Å². The zero-order valence-corrected chi connectivity index (χ0v) is 43.7. The number of hydrogen-bond donors (Lipinski definition) is 5. The third-order valence-electron chi connectivity index (χ3n) is 15.6. The Kier molecular flexibility index (Phi) is 19.8. The number of methoxy groups -OCH3 is 1. The van der Waals surface area contributed by atoms with Gasteiger partial charge < -0.3 is 58.9 Å². The van der Waals surface area contributed by atoms with Crippen LogP contribution in [0.15, 0.2) is 30.5 Å². The van der Waals surface area contributed by atoms with Crippen molar-refractivity contribution in [1.29, 1.82) is 0 Å². The third kappa shape index (κ3) is 13.6. The first kappa shape index (κ1) is 57.5. The van der Waals surface area contributed by atoms with Crippen LogP contribution in [0.3, 0.4) is 0 Å². The number of aliphatic hydroxyl groups excluding tert-OH is 3. The fourth-order valence-electron chi connectivity index (χ4n) is 11.3. The molecular weight excluding hydrogens is 909 g/mol. The number of aromatic nitrogens is 3. The molecule has 1 aromatic heterocycles. The average molecular weight is 993 g/mol. The molecule has 18 atom stereocenters. The monoisotopic (exact) mass is 993 g/mol. The van der Waals surface area contributed by atoms with Gasteiger partial charge in [0.05, 0.1) is 65.3 Å². The van der Waals surface area contributed by atoms with Crippen molar-refractivity contribution >= 4 is 11.7 Å². The van der Waals surface area contributed by atoms with Crippen molar-refractivity contribution in [3.63, 3.8) is 0 Å². The Morgan fingerprint density at radius 1 is 1.00 bits per heavy atom. The maximum Gasteiger partial charge on any atom is 0.309 e. The molecule has 0 aliphatic carbocycles. The van der Waals surface area contributed by atoms with Crippen molar-refractivity contribution in [2.45, 2.75) is 198 Å². The molecule has 5 rings (SSSR count). The maximum atomic E-state index is 14.6. The van der Waals surface area contributed by atoms with Crippen molar-refractivity contribution in [2.75, 3.05) is 40.9 Å². The Morgan fingerprint density at radius 3 is 2.30 bits per heavy atom. The largest absolute Gasteiger partial charge is 0.494 e. The number of aliphatic hydroxyl groups is 5. The minimum absolute atomic E-state index is 0.00130. The van der Waals surface area contributed by atoms with Crippen LogP contribution in [0, 0.1) is 33.8 Å². The van der Waals surface area contributed by atoms with E-state index in [4.69, 9.17) is 28.4 Å². The van der Waals surface area contributed by atoms with E-state index in [9.17, 15) is 40.4 Å². The molecule has 20 nitrogen and oxygen atoms in total. The molecule has 3 fully saturated rings. The van der Waals surface area contributed by atoms with Crippen LogP contribution in [-0.2, 0) is 41.4 Å². The van der Waals surface area contributed by atoms with E-state index in [-0.39, 0.29) is 37.0 Å². The van der Waals surface area contributed by atoms with Crippen molar-refractivity contribution in [1.82, 2.24) is 24.8 Å². The summed E-state index contributed by atoms with van der Waals surface area (Å²) in [5.41, 5.74) is -3.70. The summed E-state index contributed by atoms with van der Waals surface area (Å²) >= 11 is 0. The second kappa shape index (κ2) is 24.1. The molecule has 70 heavy (non-hydrogen) atoms. The Morgan fingerprint density at radius 2 is 1.67 bits per heavy atom. The van der Waals surface area contributed by atoms with Gasteiger partial charge in [0, 0.05) is 63.0 Å².